The molecule has 1 aliphatic rings. The van der Waals surface area contributed by atoms with Crippen molar-refractivity contribution in [2.24, 2.45) is 0 Å². The van der Waals surface area contributed by atoms with Gasteiger partial charge in [-0.2, -0.15) is 0 Å². The molecule has 1 aliphatic heterocycles. The largest absolute Gasteiger partial charge is 0.495 e. The zero-order valence-corrected chi connectivity index (χ0v) is 20.1. The maximum Gasteiger partial charge on any atom is 0.319 e. The van der Waals surface area contributed by atoms with Gasteiger partial charge in [-0.15, -0.1) is 11.3 Å². The molecule has 1 atom stereocenters. The van der Waals surface area contributed by atoms with Gasteiger partial charge >= 0.3 is 6.03 Å². The Morgan fingerprint density at radius 2 is 2.03 bits per heavy atom. The second-order valence-electron chi connectivity index (χ2n) is 8.19. The molecule has 3 aromatic rings. The monoisotopic (exact) mass is 452 g/mol. The fourth-order valence-corrected chi connectivity index (χ4v) is 5.79. The molecule has 0 fully saturated rings. The lowest BCUT2D eigenvalue weighted by Crippen LogP contribution is -2.34. The van der Waals surface area contributed by atoms with E-state index in [2.05, 4.69) is 46.3 Å². The molecule has 32 heavy (non-hydrogen) atoms. The highest BCUT2D eigenvalue weighted by molar-refractivity contribution is 7.15. The minimum absolute atomic E-state index is 0.0728. The van der Waals surface area contributed by atoms with Crippen LogP contribution in [0.5, 0.6) is 5.75 Å². The average Bonchev–Trinajstić information content (AvgIpc) is 3.45. The lowest BCUT2D eigenvalue weighted by molar-refractivity contribution is 0.247. The number of carbonyl (C=O) groups excluding carboxylic acids is 1. The van der Waals surface area contributed by atoms with E-state index < -0.39 is 0 Å². The number of aryl methyl sites for hydroxylation is 1. The number of anilines is 1. The number of aromatic nitrogens is 1. The van der Waals surface area contributed by atoms with Crippen LogP contribution in [0.4, 0.5) is 10.5 Å². The van der Waals surface area contributed by atoms with Gasteiger partial charge < -0.3 is 19.9 Å². The molecule has 170 valence electrons. The minimum atomic E-state index is -0.217. The summed E-state index contributed by atoms with van der Waals surface area (Å²) < 4.78 is 7.60. The van der Waals surface area contributed by atoms with Gasteiger partial charge in [0.15, 0.2) is 0 Å². The first kappa shape index (κ1) is 22.4. The number of nitrogens with one attached hydrogen (secondary N) is 2. The molecule has 2 aromatic heterocycles. The van der Waals surface area contributed by atoms with Gasteiger partial charge in [-0.05, 0) is 61.7 Å². The van der Waals surface area contributed by atoms with E-state index in [-0.39, 0.29) is 12.1 Å². The zero-order valence-electron chi connectivity index (χ0n) is 19.3. The van der Waals surface area contributed by atoms with Gasteiger partial charge in [0.25, 0.3) is 0 Å². The van der Waals surface area contributed by atoms with Gasteiger partial charge in [-0.3, -0.25) is 4.90 Å². The van der Waals surface area contributed by atoms with E-state index >= 15 is 0 Å². The van der Waals surface area contributed by atoms with Crippen LogP contribution in [0, 0.1) is 6.92 Å². The van der Waals surface area contributed by atoms with Crippen molar-refractivity contribution >= 4 is 23.1 Å². The fraction of sp³-hybridized carbons (Fsp3) is 0.400. The number of carbonyl (C=O) groups is 1. The summed E-state index contributed by atoms with van der Waals surface area (Å²) in [7, 11) is 1.61. The molecule has 7 heteroatoms. The van der Waals surface area contributed by atoms with Crippen LogP contribution < -0.4 is 15.4 Å². The average molecular weight is 453 g/mol. The molecular formula is C25H32N4O2S. The topological polar surface area (TPSA) is 58.5 Å². The highest BCUT2D eigenvalue weighted by atomic mass is 32.1. The number of hydrogen-bond donors (Lipinski definition) is 2. The number of methoxy groups -OCH3 is 1. The van der Waals surface area contributed by atoms with E-state index in [1.807, 2.05) is 48.6 Å². The Labute approximate surface area is 194 Å². The van der Waals surface area contributed by atoms with Crippen molar-refractivity contribution in [2.75, 3.05) is 25.5 Å². The molecule has 4 rings (SSSR count). The number of thiophene rings is 1. The number of ether oxygens (including phenoxy) is 1. The van der Waals surface area contributed by atoms with Gasteiger partial charge in [0.2, 0.25) is 0 Å². The smallest absolute Gasteiger partial charge is 0.319 e. The Balaban J connectivity index is 1.63. The highest BCUT2D eigenvalue weighted by Crippen LogP contribution is 2.40. The van der Waals surface area contributed by atoms with Crippen molar-refractivity contribution in [1.82, 2.24) is 14.8 Å². The molecular weight excluding hydrogens is 420 g/mol. The van der Waals surface area contributed by atoms with E-state index in [1.54, 1.807) is 7.11 Å². The third kappa shape index (κ3) is 4.54. The number of hydrogen-bond acceptors (Lipinski definition) is 4. The Morgan fingerprint density at radius 3 is 2.72 bits per heavy atom. The molecule has 0 bridgehead atoms. The van der Waals surface area contributed by atoms with Crippen LogP contribution in [0.2, 0.25) is 0 Å². The predicted molar refractivity (Wildman–Crippen MR) is 131 cm³/mol. The van der Waals surface area contributed by atoms with Gasteiger partial charge in [0.05, 0.1) is 18.8 Å². The van der Waals surface area contributed by atoms with Crippen molar-refractivity contribution < 1.29 is 9.53 Å². The van der Waals surface area contributed by atoms with Crippen LogP contribution in [-0.4, -0.2) is 35.7 Å². The van der Waals surface area contributed by atoms with Crippen molar-refractivity contribution in [3.05, 3.63) is 64.3 Å². The summed E-state index contributed by atoms with van der Waals surface area (Å²) in [6, 6.07) is 9.58. The van der Waals surface area contributed by atoms with Crippen LogP contribution in [0.3, 0.4) is 0 Å². The van der Waals surface area contributed by atoms with Gasteiger partial charge in [-0.25, -0.2) is 4.79 Å². The second-order valence-corrected chi connectivity index (χ2v) is 9.28. The Bertz CT molecular complexity index is 1070. The standard InChI is InChI=1S/C25H32N4O2S/c1-5-19(26-25(30)27-20-15-17(3)9-10-21(20)31-4)23-18-11-14-28(6-2)16-22(18)32-24(23)29-12-7-8-13-29/h7-10,12-13,15,19H,5-6,11,14,16H2,1-4H3,(H2,26,27,30)/t19-/m0/s1. The number of amides is 2. The number of benzene rings is 1. The molecule has 0 saturated carbocycles. The third-order valence-electron chi connectivity index (χ3n) is 6.11. The lowest BCUT2D eigenvalue weighted by Gasteiger charge is -2.27. The Morgan fingerprint density at radius 1 is 1.25 bits per heavy atom. The summed E-state index contributed by atoms with van der Waals surface area (Å²) in [5.41, 5.74) is 4.40. The van der Waals surface area contributed by atoms with E-state index in [4.69, 9.17) is 4.74 Å². The summed E-state index contributed by atoms with van der Waals surface area (Å²) >= 11 is 1.85. The Hall–Kier alpha value is -2.77. The summed E-state index contributed by atoms with van der Waals surface area (Å²) in [6.07, 6.45) is 6.00. The summed E-state index contributed by atoms with van der Waals surface area (Å²) in [6.45, 7) is 9.44. The minimum Gasteiger partial charge on any atom is -0.495 e. The van der Waals surface area contributed by atoms with Crippen molar-refractivity contribution in [3.63, 3.8) is 0 Å². The second kappa shape index (κ2) is 9.79. The van der Waals surface area contributed by atoms with Crippen LogP contribution >= 0.6 is 11.3 Å². The summed E-state index contributed by atoms with van der Waals surface area (Å²) in [4.78, 5) is 16.9. The van der Waals surface area contributed by atoms with E-state index in [0.717, 1.165) is 38.0 Å². The van der Waals surface area contributed by atoms with Crippen LogP contribution in [-0.2, 0) is 13.0 Å². The van der Waals surface area contributed by atoms with E-state index in [9.17, 15) is 4.79 Å². The molecule has 2 amide bonds. The van der Waals surface area contributed by atoms with Crippen molar-refractivity contribution in [3.8, 4) is 10.8 Å². The maximum absolute atomic E-state index is 13.0. The molecule has 2 N–H and O–H groups in total. The molecule has 6 nitrogen and oxygen atoms in total. The molecule has 0 saturated heterocycles. The predicted octanol–water partition coefficient (Wildman–Crippen LogP) is 5.51. The summed E-state index contributed by atoms with van der Waals surface area (Å²) in [5.74, 6) is 0.652. The molecule has 0 unspecified atom stereocenters. The quantitative estimate of drug-likeness (QED) is 0.497. The van der Waals surface area contributed by atoms with Crippen LogP contribution in [0.1, 0.15) is 47.9 Å². The van der Waals surface area contributed by atoms with Crippen LogP contribution in [0.25, 0.3) is 5.00 Å². The molecule has 0 aliphatic carbocycles. The molecule has 0 spiro atoms. The number of rotatable bonds is 7. The number of likely N-dealkylation sites (N-methyl/N-ethyl adjacent to an activating group) is 1. The molecule has 3 heterocycles. The SMILES string of the molecule is CC[C@H](NC(=O)Nc1cc(C)ccc1OC)c1c(-n2cccc2)sc2c1CCN(CC)C2. The first-order valence-corrected chi connectivity index (χ1v) is 12.1. The normalized spacial score (nSPS) is 14.6. The highest BCUT2D eigenvalue weighted by Gasteiger charge is 2.29. The van der Waals surface area contributed by atoms with E-state index in [0.29, 0.717) is 11.4 Å². The van der Waals surface area contributed by atoms with Gasteiger partial charge in [-0.1, -0.05) is 19.9 Å². The molecule has 1 aromatic carbocycles. The van der Waals surface area contributed by atoms with Crippen molar-refractivity contribution in [1.29, 1.82) is 0 Å². The van der Waals surface area contributed by atoms with Crippen LogP contribution in [0.15, 0.2) is 42.7 Å². The van der Waals surface area contributed by atoms with Crippen molar-refractivity contribution in [2.45, 2.75) is 46.2 Å². The first-order chi connectivity index (χ1) is 15.5. The zero-order chi connectivity index (χ0) is 22.7. The number of fused-ring (bicyclic) bond motifs is 1. The van der Waals surface area contributed by atoms with E-state index in [1.165, 1.54) is 21.0 Å². The summed E-state index contributed by atoms with van der Waals surface area (Å²) in [5, 5.41) is 7.44. The number of urea groups is 1. The lowest BCUT2D eigenvalue weighted by atomic mass is 9.96. The molecule has 0 radical (unpaired) electrons. The number of nitrogens with zero attached hydrogens (tertiary/aromatic N) is 2. The maximum atomic E-state index is 13.0. The van der Waals surface area contributed by atoms with Gasteiger partial charge in [0, 0.05) is 35.9 Å². The third-order valence-corrected chi connectivity index (χ3v) is 7.35. The van der Waals surface area contributed by atoms with Gasteiger partial charge in [0.1, 0.15) is 10.8 Å². The Kier molecular flexibility index (Phi) is 6.86. The fourth-order valence-electron chi connectivity index (χ4n) is 4.37. The first-order valence-electron chi connectivity index (χ1n) is 11.3.